The molecule has 10 nitrogen and oxygen atoms in total. The summed E-state index contributed by atoms with van der Waals surface area (Å²) in [6, 6.07) is 9.92. The Morgan fingerprint density at radius 1 is 1.18 bits per heavy atom. The zero-order chi connectivity index (χ0) is 23.9. The van der Waals surface area contributed by atoms with E-state index in [1.807, 2.05) is 31.2 Å². The van der Waals surface area contributed by atoms with Crippen molar-refractivity contribution in [2.45, 2.75) is 32.6 Å². The number of benzene rings is 1. The Morgan fingerprint density at radius 3 is 2.68 bits per heavy atom. The third kappa shape index (κ3) is 4.29. The Bertz CT molecular complexity index is 1300. The van der Waals surface area contributed by atoms with Gasteiger partial charge in [-0.15, -0.1) is 0 Å². The number of hydrogen-bond donors (Lipinski definition) is 4. The first-order chi connectivity index (χ1) is 16.3. The molecule has 5 rings (SSSR count). The number of allylic oxidation sites excluding steroid dienone is 1. The van der Waals surface area contributed by atoms with Gasteiger partial charge in [-0.05, 0) is 51.1 Å². The molecule has 3 aromatic rings. The Morgan fingerprint density at radius 2 is 1.97 bits per heavy atom. The monoisotopic (exact) mass is 462 g/mol. The van der Waals surface area contributed by atoms with Crippen LogP contribution in [0.15, 0.2) is 62.1 Å². The van der Waals surface area contributed by atoms with Gasteiger partial charge in [-0.2, -0.15) is 0 Å². The molecule has 5 N–H and O–H groups in total. The molecule has 0 spiro atoms. The average molecular weight is 463 g/mol. The highest BCUT2D eigenvalue weighted by Crippen LogP contribution is 2.26. The van der Waals surface area contributed by atoms with Crippen molar-refractivity contribution in [1.29, 1.82) is 0 Å². The van der Waals surface area contributed by atoms with Gasteiger partial charge in [0.25, 0.3) is 0 Å². The van der Waals surface area contributed by atoms with Crippen LogP contribution >= 0.6 is 0 Å². The van der Waals surface area contributed by atoms with Gasteiger partial charge in [0.1, 0.15) is 11.6 Å². The Labute approximate surface area is 197 Å². The molecule has 34 heavy (non-hydrogen) atoms. The van der Waals surface area contributed by atoms with Crippen LogP contribution in [0, 0.1) is 0 Å². The molecule has 1 unspecified atom stereocenters. The summed E-state index contributed by atoms with van der Waals surface area (Å²) in [4.78, 5) is 28.1. The van der Waals surface area contributed by atoms with Crippen molar-refractivity contribution in [3.8, 4) is 0 Å². The lowest BCUT2D eigenvalue weighted by Gasteiger charge is -2.37. The van der Waals surface area contributed by atoms with Crippen molar-refractivity contribution in [3.05, 3.63) is 64.0 Å². The number of aromatic amines is 1. The molecule has 1 aromatic carbocycles. The number of nitrogens with zero attached hydrogens (tertiary/aromatic N) is 4. The summed E-state index contributed by atoms with van der Waals surface area (Å²) in [5, 5.41) is 6.64. The minimum atomic E-state index is -1.15. The lowest BCUT2D eigenvalue weighted by molar-refractivity contribution is 0.209. The summed E-state index contributed by atoms with van der Waals surface area (Å²) >= 11 is 0. The molecule has 0 bridgehead atoms. The van der Waals surface area contributed by atoms with E-state index < -0.39 is 11.5 Å². The van der Waals surface area contributed by atoms with E-state index in [1.54, 1.807) is 18.5 Å². The number of rotatable bonds is 5. The predicted molar refractivity (Wildman–Crippen MR) is 134 cm³/mol. The molecular weight excluding hydrogens is 432 g/mol. The number of fused-ring (bicyclic) bond motifs is 1. The molecule has 4 heterocycles. The van der Waals surface area contributed by atoms with E-state index in [0.717, 1.165) is 54.6 Å². The lowest BCUT2D eigenvalue weighted by atomic mass is 10.1. The molecule has 0 amide bonds. The zero-order valence-electron chi connectivity index (χ0n) is 19.6. The van der Waals surface area contributed by atoms with Crippen LogP contribution in [0.3, 0.4) is 0 Å². The molecule has 178 valence electrons. The second-order valence-corrected chi connectivity index (χ2v) is 9.08. The largest absolute Gasteiger partial charge is 0.417 e. The smallest absolute Gasteiger partial charge is 0.408 e. The standard InChI is InChI=1S/C24H30N8O2/c1-15(2)31-8-10-32(11-9-31)21-7-4-17(14-26-21)24(25)27-13-16(3)22(30-24)28-18-5-6-20-19(12-18)29-23(33)34-20/h4-7,12-15,28,30H,8-11,25H2,1-3H3,(H,29,33). The number of hydrogen-bond acceptors (Lipinski definition) is 9. The summed E-state index contributed by atoms with van der Waals surface area (Å²) in [6.45, 7) is 10.4. The number of oxazole rings is 1. The maximum absolute atomic E-state index is 11.4. The lowest BCUT2D eigenvalue weighted by Crippen LogP contribution is -2.52. The number of aromatic nitrogens is 2. The molecule has 10 heteroatoms. The number of pyridine rings is 1. The quantitative estimate of drug-likeness (QED) is 0.454. The molecule has 0 radical (unpaired) electrons. The van der Waals surface area contributed by atoms with Gasteiger partial charge in [0.2, 0.25) is 5.79 Å². The molecule has 0 saturated carbocycles. The molecule has 1 atom stereocenters. The van der Waals surface area contributed by atoms with Crippen LogP contribution in [0.2, 0.25) is 0 Å². The van der Waals surface area contributed by atoms with Gasteiger partial charge in [0.05, 0.1) is 5.52 Å². The number of aliphatic imine (C=N–C) groups is 1. The van der Waals surface area contributed by atoms with Crippen molar-refractivity contribution in [1.82, 2.24) is 20.2 Å². The van der Waals surface area contributed by atoms with Crippen LogP contribution in [0.25, 0.3) is 11.1 Å². The third-order valence-corrected chi connectivity index (χ3v) is 6.42. The van der Waals surface area contributed by atoms with E-state index in [-0.39, 0.29) is 0 Å². The predicted octanol–water partition coefficient (Wildman–Crippen LogP) is 2.13. The number of nitrogens with one attached hydrogen (secondary N) is 3. The second-order valence-electron chi connectivity index (χ2n) is 9.08. The van der Waals surface area contributed by atoms with Crippen LogP contribution in [-0.2, 0) is 5.79 Å². The minimum absolute atomic E-state index is 0.482. The summed E-state index contributed by atoms with van der Waals surface area (Å²) in [5.74, 6) is 0.0291. The molecule has 1 saturated heterocycles. The highest BCUT2D eigenvalue weighted by Gasteiger charge is 2.31. The first kappa shape index (κ1) is 22.2. The number of H-pyrrole nitrogens is 1. The highest BCUT2D eigenvalue weighted by molar-refractivity contribution is 5.82. The molecule has 2 aromatic heterocycles. The zero-order valence-corrected chi connectivity index (χ0v) is 19.6. The van der Waals surface area contributed by atoms with Gasteiger partial charge < -0.3 is 20.0 Å². The summed E-state index contributed by atoms with van der Waals surface area (Å²) < 4.78 is 5.07. The van der Waals surface area contributed by atoms with E-state index in [4.69, 9.17) is 15.1 Å². The van der Waals surface area contributed by atoms with Crippen molar-refractivity contribution in [3.63, 3.8) is 0 Å². The van der Waals surface area contributed by atoms with Crippen molar-refractivity contribution in [2.24, 2.45) is 10.7 Å². The van der Waals surface area contributed by atoms with Crippen LogP contribution in [0.1, 0.15) is 26.3 Å². The fourth-order valence-corrected chi connectivity index (χ4v) is 4.30. The third-order valence-electron chi connectivity index (χ3n) is 6.42. The number of anilines is 2. The minimum Gasteiger partial charge on any atom is -0.408 e. The molecule has 2 aliphatic rings. The Hall–Kier alpha value is -3.63. The van der Waals surface area contributed by atoms with Gasteiger partial charge in [0, 0.05) is 61.5 Å². The molecule has 1 fully saturated rings. The fraction of sp³-hybridized carbons (Fsp3) is 0.375. The van der Waals surface area contributed by atoms with Gasteiger partial charge in [0.15, 0.2) is 5.58 Å². The average Bonchev–Trinajstić information content (AvgIpc) is 3.21. The summed E-state index contributed by atoms with van der Waals surface area (Å²) in [6.07, 6.45) is 3.53. The summed E-state index contributed by atoms with van der Waals surface area (Å²) in [5.41, 5.74) is 10.2. The van der Waals surface area contributed by atoms with E-state index in [2.05, 4.69) is 44.3 Å². The van der Waals surface area contributed by atoms with E-state index in [9.17, 15) is 4.79 Å². The van der Waals surface area contributed by atoms with E-state index in [1.165, 1.54) is 0 Å². The second kappa shape index (κ2) is 8.62. The van der Waals surface area contributed by atoms with Crippen LogP contribution in [-0.4, -0.2) is 53.3 Å². The SMILES string of the molecule is CC1=C(Nc2ccc3oc(=O)[nH]c3c2)NC(N)(c2ccc(N3CCN(C(C)C)CC3)nc2)N=C1. The van der Waals surface area contributed by atoms with Crippen LogP contribution in [0.4, 0.5) is 11.5 Å². The normalized spacial score (nSPS) is 21.4. The van der Waals surface area contributed by atoms with Crippen molar-refractivity contribution in [2.75, 3.05) is 36.4 Å². The molecule has 2 aliphatic heterocycles. The van der Waals surface area contributed by atoms with E-state index >= 15 is 0 Å². The van der Waals surface area contributed by atoms with Crippen LogP contribution in [0.5, 0.6) is 0 Å². The fourth-order valence-electron chi connectivity index (χ4n) is 4.30. The van der Waals surface area contributed by atoms with Gasteiger partial charge >= 0.3 is 5.76 Å². The Balaban J connectivity index is 1.30. The molecular formula is C24H30N8O2. The van der Waals surface area contributed by atoms with Gasteiger partial charge in [-0.1, -0.05) is 0 Å². The topological polar surface area (TPSA) is 128 Å². The Kier molecular flexibility index (Phi) is 5.62. The first-order valence-electron chi connectivity index (χ1n) is 11.5. The van der Waals surface area contributed by atoms with Crippen LogP contribution < -0.4 is 27.0 Å². The highest BCUT2D eigenvalue weighted by atomic mass is 16.4. The first-order valence-corrected chi connectivity index (χ1v) is 11.5. The molecule has 0 aliphatic carbocycles. The van der Waals surface area contributed by atoms with Crippen molar-refractivity contribution < 1.29 is 4.42 Å². The van der Waals surface area contributed by atoms with Gasteiger partial charge in [-0.25, -0.2) is 14.8 Å². The maximum atomic E-state index is 11.4. The number of nitrogens with two attached hydrogens (primary N) is 1. The summed E-state index contributed by atoms with van der Waals surface area (Å²) in [7, 11) is 0. The van der Waals surface area contributed by atoms with Gasteiger partial charge in [-0.3, -0.25) is 15.6 Å². The maximum Gasteiger partial charge on any atom is 0.417 e. The van der Waals surface area contributed by atoms with Crippen molar-refractivity contribution >= 4 is 28.8 Å². The van der Waals surface area contributed by atoms with E-state index in [0.29, 0.717) is 17.1 Å². The number of piperazine rings is 1.